The average Bonchev–Trinajstić information content (AvgIpc) is 2.91. The van der Waals surface area contributed by atoms with Crippen LogP contribution in [0, 0.1) is 17.8 Å². The third-order valence-electron chi connectivity index (χ3n) is 9.56. The molecule has 2 aliphatic carbocycles. The van der Waals surface area contributed by atoms with E-state index in [1.165, 1.54) is 114 Å². The maximum Gasteiger partial charge on any atom is 0.0370 e. The molecule has 36 heavy (non-hydrogen) atoms. The van der Waals surface area contributed by atoms with Gasteiger partial charge in [-0.3, -0.25) is 0 Å². The average molecular weight is 489 g/mol. The zero-order valence-corrected chi connectivity index (χ0v) is 23.0. The maximum atomic E-state index is 6.21. The Kier molecular flexibility index (Phi) is 10.6. The largest absolute Gasteiger partial charge is 0.398 e. The van der Waals surface area contributed by atoms with E-state index in [0.717, 1.165) is 47.0 Å². The van der Waals surface area contributed by atoms with Crippen molar-refractivity contribution in [2.75, 3.05) is 11.5 Å². The van der Waals surface area contributed by atoms with Gasteiger partial charge < -0.3 is 11.5 Å². The number of hydrogen-bond acceptors (Lipinski definition) is 2. The molecule has 0 unspecified atom stereocenters. The normalized spacial score (nSPS) is 24.6. The third-order valence-corrected chi connectivity index (χ3v) is 9.56. The third kappa shape index (κ3) is 8.02. The van der Waals surface area contributed by atoms with Gasteiger partial charge in [0.25, 0.3) is 0 Å². The van der Waals surface area contributed by atoms with Crippen LogP contribution in [0.2, 0.25) is 0 Å². The van der Waals surface area contributed by atoms with Crippen LogP contribution >= 0.6 is 0 Å². The second-order valence-electron chi connectivity index (χ2n) is 12.2. The van der Waals surface area contributed by atoms with E-state index >= 15 is 0 Å². The Labute approximate surface area is 221 Å². The van der Waals surface area contributed by atoms with Gasteiger partial charge in [-0.05, 0) is 72.6 Å². The molecule has 0 aromatic heterocycles. The Morgan fingerprint density at radius 2 is 1.19 bits per heavy atom. The van der Waals surface area contributed by atoms with E-state index in [-0.39, 0.29) is 0 Å². The number of rotatable bonds is 12. The summed E-state index contributed by atoms with van der Waals surface area (Å²) in [5, 5.41) is 0. The van der Waals surface area contributed by atoms with E-state index in [1.54, 1.807) is 0 Å². The highest BCUT2D eigenvalue weighted by Crippen LogP contribution is 2.40. The first kappa shape index (κ1) is 27.1. The fourth-order valence-corrected chi connectivity index (χ4v) is 7.09. The number of nitrogens with two attached hydrogens (primary N) is 2. The molecule has 2 aliphatic rings. The Bertz CT molecular complexity index is 883. The van der Waals surface area contributed by atoms with Crippen molar-refractivity contribution in [1.82, 2.24) is 0 Å². The van der Waals surface area contributed by atoms with Crippen molar-refractivity contribution in [3.63, 3.8) is 0 Å². The molecule has 2 aromatic rings. The topological polar surface area (TPSA) is 52.0 Å². The number of nitrogen functional groups attached to an aromatic ring is 2. The highest BCUT2D eigenvalue weighted by atomic mass is 14.6. The van der Waals surface area contributed by atoms with Gasteiger partial charge in [0.15, 0.2) is 0 Å². The summed E-state index contributed by atoms with van der Waals surface area (Å²) in [4.78, 5) is 0. The number of benzene rings is 2. The van der Waals surface area contributed by atoms with Gasteiger partial charge in [-0.15, -0.1) is 0 Å². The van der Waals surface area contributed by atoms with Crippen LogP contribution in [0.15, 0.2) is 42.5 Å². The SMILES string of the molecule is CCCCCCCC1CCC(CCC2CCC(c3cccc(Cc4c(N)cccc4N)c3)CC2)CC1. The lowest BCUT2D eigenvalue weighted by molar-refractivity contribution is 0.222. The second-order valence-corrected chi connectivity index (χ2v) is 12.2. The summed E-state index contributed by atoms with van der Waals surface area (Å²) in [6, 6.07) is 15.1. The predicted molar refractivity (Wildman–Crippen MR) is 157 cm³/mol. The minimum Gasteiger partial charge on any atom is -0.398 e. The molecule has 0 amide bonds. The predicted octanol–water partition coefficient (Wildman–Crippen LogP) is 9.66. The molecule has 0 bridgehead atoms. The molecule has 0 radical (unpaired) electrons. The Morgan fingerprint density at radius 3 is 1.83 bits per heavy atom. The minimum absolute atomic E-state index is 0.722. The molecule has 2 heteroatoms. The van der Waals surface area contributed by atoms with Gasteiger partial charge in [0.05, 0.1) is 0 Å². The van der Waals surface area contributed by atoms with E-state index in [4.69, 9.17) is 11.5 Å². The molecule has 0 atom stereocenters. The van der Waals surface area contributed by atoms with Crippen molar-refractivity contribution < 1.29 is 0 Å². The molecular formula is C34H52N2. The van der Waals surface area contributed by atoms with Gasteiger partial charge in [0, 0.05) is 23.4 Å². The van der Waals surface area contributed by atoms with Crippen molar-refractivity contribution in [3.8, 4) is 0 Å². The smallest absolute Gasteiger partial charge is 0.0370 e. The first-order valence-electron chi connectivity index (χ1n) is 15.3. The Balaban J connectivity index is 1.15. The van der Waals surface area contributed by atoms with E-state index in [1.807, 2.05) is 18.2 Å². The zero-order chi connectivity index (χ0) is 25.2. The number of anilines is 2. The Hall–Kier alpha value is -1.96. The number of hydrogen-bond donors (Lipinski definition) is 2. The van der Waals surface area contributed by atoms with Crippen LogP contribution in [0.5, 0.6) is 0 Å². The first-order chi connectivity index (χ1) is 17.6. The zero-order valence-electron chi connectivity index (χ0n) is 23.0. The quantitative estimate of drug-likeness (QED) is 0.231. The summed E-state index contributed by atoms with van der Waals surface area (Å²) < 4.78 is 0. The van der Waals surface area contributed by atoms with Crippen molar-refractivity contribution >= 4 is 11.4 Å². The molecule has 198 valence electrons. The molecule has 4 rings (SSSR count). The molecule has 2 nitrogen and oxygen atoms in total. The minimum atomic E-state index is 0.722. The van der Waals surface area contributed by atoms with Crippen LogP contribution < -0.4 is 11.5 Å². The van der Waals surface area contributed by atoms with Crippen LogP contribution in [0.3, 0.4) is 0 Å². The lowest BCUT2D eigenvalue weighted by Gasteiger charge is -2.32. The fourth-order valence-electron chi connectivity index (χ4n) is 7.09. The first-order valence-corrected chi connectivity index (χ1v) is 15.3. The second kappa shape index (κ2) is 14.1. The van der Waals surface area contributed by atoms with Crippen LogP contribution in [-0.2, 0) is 6.42 Å². The molecule has 2 saturated carbocycles. The van der Waals surface area contributed by atoms with Gasteiger partial charge >= 0.3 is 0 Å². The lowest BCUT2D eigenvalue weighted by Crippen LogP contribution is -2.18. The summed E-state index contributed by atoms with van der Waals surface area (Å²) in [5.41, 5.74) is 17.9. The standard InChI is InChI=1S/C34H52N2/c1-2-3-4-5-6-9-26-14-16-27(17-15-26)18-19-28-20-22-30(23-21-28)31-11-7-10-29(24-31)25-32-33(35)12-8-13-34(32)36/h7-8,10-13,24,26-28,30H,2-6,9,14-23,25,35-36H2,1H3. The van der Waals surface area contributed by atoms with Crippen molar-refractivity contribution in [2.45, 2.75) is 122 Å². The molecule has 0 heterocycles. The highest BCUT2D eigenvalue weighted by molar-refractivity contribution is 5.62. The van der Waals surface area contributed by atoms with Gasteiger partial charge in [-0.2, -0.15) is 0 Å². The molecule has 0 saturated heterocycles. The monoisotopic (exact) mass is 488 g/mol. The molecular weight excluding hydrogens is 436 g/mol. The maximum absolute atomic E-state index is 6.21. The summed E-state index contributed by atoms with van der Waals surface area (Å²) in [7, 11) is 0. The lowest BCUT2D eigenvalue weighted by atomic mass is 9.73. The van der Waals surface area contributed by atoms with Gasteiger partial charge in [-0.25, -0.2) is 0 Å². The van der Waals surface area contributed by atoms with Gasteiger partial charge in [0.1, 0.15) is 0 Å². The van der Waals surface area contributed by atoms with E-state index in [2.05, 4.69) is 31.2 Å². The van der Waals surface area contributed by atoms with Crippen molar-refractivity contribution in [3.05, 3.63) is 59.2 Å². The number of unbranched alkanes of at least 4 members (excludes halogenated alkanes) is 4. The molecule has 2 fully saturated rings. The van der Waals surface area contributed by atoms with Gasteiger partial charge in [0.2, 0.25) is 0 Å². The van der Waals surface area contributed by atoms with Crippen molar-refractivity contribution in [2.24, 2.45) is 17.8 Å². The summed E-state index contributed by atoms with van der Waals surface area (Å²) >= 11 is 0. The Morgan fingerprint density at radius 1 is 0.639 bits per heavy atom. The van der Waals surface area contributed by atoms with Crippen LogP contribution in [-0.4, -0.2) is 0 Å². The summed E-state index contributed by atoms with van der Waals surface area (Å²) in [6.45, 7) is 2.31. The van der Waals surface area contributed by atoms with E-state index in [0.29, 0.717) is 0 Å². The van der Waals surface area contributed by atoms with E-state index < -0.39 is 0 Å². The van der Waals surface area contributed by atoms with Gasteiger partial charge in [-0.1, -0.05) is 114 Å². The summed E-state index contributed by atoms with van der Waals surface area (Å²) in [5.74, 6) is 3.75. The summed E-state index contributed by atoms with van der Waals surface area (Å²) in [6.07, 6.45) is 24.1. The van der Waals surface area contributed by atoms with Crippen LogP contribution in [0.25, 0.3) is 0 Å². The highest BCUT2D eigenvalue weighted by Gasteiger charge is 2.25. The molecule has 4 N–H and O–H groups in total. The van der Waals surface area contributed by atoms with Crippen LogP contribution in [0.4, 0.5) is 11.4 Å². The van der Waals surface area contributed by atoms with Crippen molar-refractivity contribution in [1.29, 1.82) is 0 Å². The molecule has 0 aliphatic heterocycles. The van der Waals surface area contributed by atoms with Crippen LogP contribution in [0.1, 0.15) is 132 Å². The molecule has 0 spiro atoms. The fraction of sp³-hybridized carbons (Fsp3) is 0.647. The van der Waals surface area contributed by atoms with E-state index in [9.17, 15) is 0 Å². The molecule has 2 aromatic carbocycles.